The second-order valence-corrected chi connectivity index (χ2v) is 6.41. The van der Waals surface area contributed by atoms with Crippen LogP contribution in [0.1, 0.15) is 51.9 Å². The third-order valence-electron chi connectivity index (χ3n) is 4.97. The van der Waals surface area contributed by atoms with E-state index in [9.17, 15) is 4.79 Å². The van der Waals surface area contributed by atoms with Crippen LogP contribution in [0.15, 0.2) is 0 Å². The molecule has 2 atom stereocenters. The highest BCUT2D eigenvalue weighted by molar-refractivity contribution is 5.85. The first-order chi connectivity index (χ1) is 8.62. The number of rotatable bonds is 2. The van der Waals surface area contributed by atoms with Crippen molar-refractivity contribution in [1.29, 1.82) is 0 Å². The Hall–Kier alpha value is -0.610. The third-order valence-corrected chi connectivity index (χ3v) is 4.97. The predicted molar refractivity (Wildman–Crippen MR) is 69.3 cm³/mol. The van der Waals surface area contributed by atoms with Gasteiger partial charge >= 0.3 is 0 Å². The minimum atomic E-state index is -0.572. The molecule has 102 valence electrons. The number of piperidine rings is 1. The Morgan fingerprint density at radius 3 is 2.78 bits per heavy atom. The Kier molecular flexibility index (Phi) is 3.10. The minimum absolute atomic E-state index is 0.0985. The van der Waals surface area contributed by atoms with Crippen molar-refractivity contribution in [2.24, 2.45) is 0 Å². The molecule has 4 nitrogen and oxygen atoms in total. The Morgan fingerprint density at radius 1 is 1.33 bits per heavy atom. The summed E-state index contributed by atoms with van der Waals surface area (Å²) in [5, 5.41) is 6.85. The maximum Gasteiger partial charge on any atom is 0.252 e. The Morgan fingerprint density at radius 2 is 2.17 bits per heavy atom. The van der Waals surface area contributed by atoms with Gasteiger partial charge in [0, 0.05) is 18.2 Å². The van der Waals surface area contributed by atoms with E-state index in [-0.39, 0.29) is 5.91 Å². The summed E-state index contributed by atoms with van der Waals surface area (Å²) in [5.74, 6) is 0.0985. The zero-order valence-corrected chi connectivity index (χ0v) is 11.3. The molecule has 0 aromatic carbocycles. The molecule has 1 amide bonds. The van der Waals surface area contributed by atoms with E-state index in [1.54, 1.807) is 0 Å². The molecule has 0 bridgehead atoms. The summed E-state index contributed by atoms with van der Waals surface area (Å²) in [4.78, 5) is 12.3. The molecule has 2 aliphatic heterocycles. The highest BCUT2D eigenvalue weighted by Crippen LogP contribution is 2.38. The molecule has 0 aromatic heterocycles. The first kappa shape index (κ1) is 12.4. The van der Waals surface area contributed by atoms with E-state index in [2.05, 4.69) is 10.6 Å². The molecule has 2 N–H and O–H groups in total. The van der Waals surface area contributed by atoms with E-state index < -0.39 is 5.60 Å². The Balaban J connectivity index is 1.57. The van der Waals surface area contributed by atoms with Gasteiger partial charge in [-0.05, 0) is 58.4 Å². The SMILES string of the molecule is CC1(C(=O)NC2CCNC3(CCC3)C2)CCCO1. The highest BCUT2D eigenvalue weighted by Gasteiger charge is 2.43. The van der Waals surface area contributed by atoms with Gasteiger partial charge in [-0.1, -0.05) is 0 Å². The molecule has 1 saturated carbocycles. The number of nitrogens with one attached hydrogen (secondary N) is 2. The molecule has 3 aliphatic rings. The second-order valence-electron chi connectivity index (χ2n) is 6.41. The summed E-state index contributed by atoms with van der Waals surface area (Å²) in [6.07, 6.45) is 7.86. The summed E-state index contributed by atoms with van der Waals surface area (Å²) in [7, 11) is 0. The highest BCUT2D eigenvalue weighted by atomic mass is 16.5. The van der Waals surface area contributed by atoms with Gasteiger partial charge in [0.25, 0.3) is 5.91 Å². The van der Waals surface area contributed by atoms with Crippen molar-refractivity contribution in [3.8, 4) is 0 Å². The number of carbonyl (C=O) groups is 1. The molecule has 0 radical (unpaired) electrons. The average molecular weight is 252 g/mol. The fraction of sp³-hybridized carbons (Fsp3) is 0.929. The van der Waals surface area contributed by atoms with Crippen molar-refractivity contribution in [3.63, 3.8) is 0 Å². The summed E-state index contributed by atoms with van der Waals surface area (Å²) in [6.45, 7) is 3.68. The first-order valence-electron chi connectivity index (χ1n) is 7.32. The van der Waals surface area contributed by atoms with Crippen LogP contribution in [0.2, 0.25) is 0 Å². The van der Waals surface area contributed by atoms with Gasteiger partial charge in [-0.3, -0.25) is 4.79 Å². The van der Waals surface area contributed by atoms with Crippen LogP contribution in [0.3, 0.4) is 0 Å². The zero-order chi connectivity index (χ0) is 12.6. The minimum Gasteiger partial charge on any atom is -0.365 e. The molecule has 18 heavy (non-hydrogen) atoms. The maximum absolute atomic E-state index is 12.3. The van der Waals surface area contributed by atoms with Crippen LogP contribution < -0.4 is 10.6 Å². The number of hydrogen-bond acceptors (Lipinski definition) is 3. The largest absolute Gasteiger partial charge is 0.365 e. The standard InChI is InChI=1S/C14H24N2O2/c1-13(5-3-9-18-13)12(17)16-11-4-8-15-14(10-11)6-2-7-14/h11,15H,2-10H2,1H3,(H,16,17). The van der Waals surface area contributed by atoms with Gasteiger partial charge in [-0.25, -0.2) is 0 Å². The van der Waals surface area contributed by atoms with Crippen molar-refractivity contribution >= 4 is 5.91 Å². The molecule has 3 fully saturated rings. The molecule has 1 aliphatic carbocycles. The van der Waals surface area contributed by atoms with Crippen molar-refractivity contribution in [2.45, 2.75) is 69.1 Å². The van der Waals surface area contributed by atoms with Gasteiger partial charge < -0.3 is 15.4 Å². The number of ether oxygens (including phenoxy) is 1. The summed E-state index contributed by atoms with van der Waals surface area (Å²) in [5.41, 5.74) is -0.231. The van der Waals surface area contributed by atoms with E-state index in [4.69, 9.17) is 4.74 Å². The Bertz CT molecular complexity index is 333. The third kappa shape index (κ3) is 2.16. The van der Waals surface area contributed by atoms with Crippen molar-refractivity contribution in [2.75, 3.05) is 13.2 Å². The number of hydrogen-bond donors (Lipinski definition) is 2. The lowest BCUT2D eigenvalue weighted by atomic mass is 9.70. The zero-order valence-electron chi connectivity index (χ0n) is 11.3. The van der Waals surface area contributed by atoms with Gasteiger partial charge in [0.05, 0.1) is 0 Å². The van der Waals surface area contributed by atoms with Crippen LogP contribution in [0.5, 0.6) is 0 Å². The van der Waals surface area contributed by atoms with Gasteiger partial charge in [0.2, 0.25) is 0 Å². The van der Waals surface area contributed by atoms with Gasteiger partial charge in [-0.15, -0.1) is 0 Å². The lowest BCUT2D eigenvalue weighted by Crippen LogP contribution is -2.61. The molecule has 3 rings (SSSR count). The van der Waals surface area contributed by atoms with E-state index in [0.29, 0.717) is 11.6 Å². The first-order valence-corrected chi connectivity index (χ1v) is 7.32. The summed E-state index contributed by atoms with van der Waals surface area (Å²) in [6, 6.07) is 0.333. The van der Waals surface area contributed by atoms with E-state index in [0.717, 1.165) is 38.8 Å². The van der Waals surface area contributed by atoms with Crippen LogP contribution in [0, 0.1) is 0 Å². The van der Waals surface area contributed by atoms with Gasteiger partial charge in [0.1, 0.15) is 5.60 Å². The second kappa shape index (κ2) is 4.49. The number of carbonyl (C=O) groups excluding carboxylic acids is 1. The molecule has 1 spiro atoms. The molecular formula is C14H24N2O2. The normalized spacial score (nSPS) is 38.4. The fourth-order valence-corrected chi connectivity index (χ4v) is 3.56. The average Bonchev–Trinajstić information content (AvgIpc) is 2.76. The monoisotopic (exact) mass is 252 g/mol. The van der Waals surface area contributed by atoms with Crippen LogP contribution in [-0.4, -0.2) is 36.2 Å². The molecule has 2 saturated heterocycles. The quantitative estimate of drug-likeness (QED) is 0.780. The molecular weight excluding hydrogens is 228 g/mol. The predicted octanol–water partition coefficient (Wildman–Crippen LogP) is 1.35. The van der Waals surface area contributed by atoms with Crippen molar-refractivity contribution in [3.05, 3.63) is 0 Å². The topological polar surface area (TPSA) is 50.4 Å². The van der Waals surface area contributed by atoms with Crippen LogP contribution in [0.4, 0.5) is 0 Å². The van der Waals surface area contributed by atoms with Gasteiger partial charge in [-0.2, -0.15) is 0 Å². The maximum atomic E-state index is 12.3. The molecule has 2 unspecified atom stereocenters. The fourth-order valence-electron chi connectivity index (χ4n) is 3.56. The van der Waals surface area contributed by atoms with Crippen LogP contribution >= 0.6 is 0 Å². The van der Waals surface area contributed by atoms with Crippen LogP contribution in [-0.2, 0) is 9.53 Å². The lowest BCUT2D eigenvalue weighted by molar-refractivity contribution is -0.140. The van der Waals surface area contributed by atoms with Gasteiger partial charge in [0.15, 0.2) is 0 Å². The Labute approximate surface area is 109 Å². The summed E-state index contributed by atoms with van der Waals surface area (Å²) >= 11 is 0. The van der Waals surface area contributed by atoms with Crippen LogP contribution in [0.25, 0.3) is 0 Å². The van der Waals surface area contributed by atoms with Crippen molar-refractivity contribution in [1.82, 2.24) is 10.6 Å². The smallest absolute Gasteiger partial charge is 0.252 e. The van der Waals surface area contributed by atoms with Crippen molar-refractivity contribution < 1.29 is 9.53 Å². The van der Waals surface area contributed by atoms with E-state index in [1.807, 2.05) is 6.92 Å². The summed E-state index contributed by atoms with van der Waals surface area (Å²) < 4.78 is 5.61. The van der Waals surface area contributed by atoms with E-state index in [1.165, 1.54) is 19.3 Å². The molecule has 4 heteroatoms. The number of amides is 1. The molecule has 2 heterocycles. The van der Waals surface area contributed by atoms with E-state index >= 15 is 0 Å². The lowest BCUT2D eigenvalue weighted by Gasteiger charge is -2.48. The molecule has 0 aromatic rings.